The number of benzene rings is 5. The van der Waals surface area contributed by atoms with E-state index in [0.717, 1.165) is 37.9 Å². The molecule has 5 aromatic carbocycles. The Balaban J connectivity index is 1.46. The molecule has 0 bridgehead atoms. The molecule has 176 valence electrons. The van der Waals surface area contributed by atoms with Gasteiger partial charge < -0.3 is 0 Å². The molecule has 0 aliphatic rings. The second-order valence-corrected chi connectivity index (χ2v) is 9.62. The first-order chi connectivity index (χ1) is 18.2. The third-order valence-electron chi connectivity index (χ3n) is 6.20. The third kappa shape index (κ3) is 5.11. The molecule has 0 radical (unpaired) electrons. The number of nitrogens with zero attached hydrogens (tertiary/aromatic N) is 3. The first kappa shape index (κ1) is 23.0. The maximum absolute atomic E-state index is 4.93. The minimum Gasteiger partial charge on any atom is -0.208 e. The third-order valence-corrected chi connectivity index (χ3v) is 6.69. The fourth-order valence-corrected chi connectivity index (χ4v) is 4.70. The van der Waals surface area contributed by atoms with E-state index in [0.29, 0.717) is 17.5 Å². The molecular formula is C33H22BrN3. The molecule has 0 unspecified atom stereocenters. The Bertz CT molecular complexity index is 1660. The van der Waals surface area contributed by atoms with Gasteiger partial charge >= 0.3 is 0 Å². The van der Waals surface area contributed by atoms with Crippen molar-refractivity contribution in [1.82, 2.24) is 15.0 Å². The van der Waals surface area contributed by atoms with Crippen molar-refractivity contribution in [2.24, 2.45) is 0 Å². The van der Waals surface area contributed by atoms with Gasteiger partial charge in [0.05, 0.1) is 0 Å². The number of halogens is 1. The number of hydrogen-bond acceptors (Lipinski definition) is 3. The predicted octanol–water partition coefficient (Wildman–Crippen LogP) is 8.97. The van der Waals surface area contributed by atoms with Gasteiger partial charge in [0.1, 0.15) is 0 Å². The minimum absolute atomic E-state index is 0.638. The lowest BCUT2D eigenvalue weighted by atomic mass is 10.0. The molecule has 0 spiro atoms. The van der Waals surface area contributed by atoms with Crippen molar-refractivity contribution in [2.45, 2.75) is 0 Å². The Morgan fingerprint density at radius 1 is 0.324 bits per heavy atom. The summed E-state index contributed by atoms with van der Waals surface area (Å²) in [4.78, 5) is 14.7. The average molecular weight is 540 g/mol. The van der Waals surface area contributed by atoms with E-state index in [2.05, 4.69) is 101 Å². The van der Waals surface area contributed by atoms with Crippen LogP contribution in [0.15, 0.2) is 138 Å². The van der Waals surface area contributed by atoms with Crippen LogP contribution >= 0.6 is 15.9 Å². The second-order valence-electron chi connectivity index (χ2n) is 8.71. The molecule has 0 fully saturated rings. The van der Waals surface area contributed by atoms with Crippen LogP contribution < -0.4 is 0 Å². The van der Waals surface area contributed by atoms with Crippen molar-refractivity contribution in [2.75, 3.05) is 0 Å². The van der Waals surface area contributed by atoms with Crippen LogP contribution in [0.5, 0.6) is 0 Å². The second kappa shape index (κ2) is 10.3. The number of rotatable bonds is 5. The molecule has 0 atom stereocenters. The monoisotopic (exact) mass is 539 g/mol. The summed E-state index contributed by atoms with van der Waals surface area (Å²) in [6.45, 7) is 0. The normalized spacial score (nSPS) is 10.8. The Morgan fingerprint density at radius 2 is 0.730 bits per heavy atom. The van der Waals surface area contributed by atoms with Gasteiger partial charge in [0, 0.05) is 21.2 Å². The lowest BCUT2D eigenvalue weighted by Crippen LogP contribution is -2.00. The van der Waals surface area contributed by atoms with E-state index in [1.807, 2.05) is 48.5 Å². The fourth-order valence-electron chi connectivity index (χ4n) is 4.30. The lowest BCUT2D eigenvalue weighted by molar-refractivity contribution is 1.07. The molecule has 1 heterocycles. The van der Waals surface area contributed by atoms with Crippen LogP contribution in [0, 0.1) is 0 Å². The summed E-state index contributed by atoms with van der Waals surface area (Å²) in [5, 5.41) is 0. The summed E-state index contributed by atoms with van der Waals surface area (Å²) >= 11 is 3.58. The molecule has 37 heavy (non-hydrogen) atoms. The van der Waals surface area contributed by atoms with E-state index < -0.39 is 0 Å². The first-order valence-electron chi connectivity index (χ1n) is 12.1. The molecule has 0 aliphatic heterocycles. The molecule has 0 aliphatic carbocycles. The highest BCUT2D eigenvalue weighted by molar-refractivity contribution is 9.10. The Morgan fingerprint density at radius 3 is 1.32 bits per heavy atom. The SMILES string of the molecule is Brc1cccc(-c2nc(-c3ccc(-c4ccccc4)cc3)nc(-c3cccc(-c4ccccc4)c3)n2)c1. The molecule has 1 aromatic heterocycles. The topological polar surface area (TPSA) is 38.7 Å². The van der Waals surface area contributed by atoms with E-state index >= 15 is 0 Å². The summed E-state index contributed by atoms with van der Waals surface area (Å²) < 4.78 is 0.979. The van der Waals surface area contributed by atoms with Crippen molar-refractivity contribution in [3.63, 3.8) is 0 Å². The van der Waals surface area contributed by atoms with Crippen LogP contribution in [0.2, 0.25) is 0 Å². The highest BCUT2D eigenvalue weighted by atomic mass is 79.9. The Hall–Kier alpha value is -4.41. The molecule has 6 rings (SSSR count). The van der Waals surface area contributed by atoms with Crippen LogP contribution in [0.3, 0.4) is 0 Å². The quantitative estimate of drug-likeness (QED) is 0.219. The van der Waals surface area contributed by atoms with Gasteiger partial charge in [-0.05, 0) is 40.5 Å². The molecule has 0 saturated carbocycles. The van der Waals surface area contributed by atoms with E-state index in [1.54, 1.807) is 0 Å². The van der Waals surface area contributed by atoms with Crippen LogP contribution in [0.1, 0.15) is 0 Å². The zero-order valence-electron chi connectivity index (χ0n) is 19.9. The molecular weight excluding hydrogens is 518 g/mol. The van der Waals surface area contributed by atoms with Crippen molar-refractivity contribution in [3.05, 3.63) is 138 Å². The van der Waals surface area contributed by atoms with Crippen LogP contribution in [-0.4, -0.2) is 15.0 Å². The summed E-state index contributed by atoms with van der Waals surface area (Å²) in [6, 6.07) is 45.5. The smallest absolute Gasteiger partial charge is 0.164 e. The lowest BCUT2D eigenvalue weighted by Gasteiger charge is -2.10. The Kier molecular flexibility index (Phi) is 6.40. The van der Waals surface area contributed by atoms with Crippen LogP contribution in [-0.2, 0) is 0 Å². The average Bonchev–Trinajstić information content (AvgIpc) is 2.98. The fraction of sp³-hybridized carbons (Fsp3) is 0. The zero-order valence-corrected chi connectivity index (χ0v) is 21.5. The highest BCUT2D eigenvalue weighted by Gasteiger charge is 2.13. The number of aromatic nitrogens is 3. The van der Waals surface area contributed by atoms with Gasteiger partial charge in [0.2, 0.25) is 0 Å². The first-order valence-corrected chi connectivity index (χ1v) is 12.9. The van der Waals surface area contributed by atoms with E-state index in [9.17, 15) is 0 Å². The van der Waals surface area contributed by atoms with E-state index in [4.69, 9.17) is 15.0 Å². The van der Waals surface area contributed by atoms with Crippen molar-refractivity contribution in [1.29, 1.82) is 0 Å². The van der Waals surface area contributed by atoms with Gasteiger partial charge in [0.25, 0.3) is 0 Å². The van der Waals surface area contributed by atoms with Gasteiger partial charge in [-0.15, -0.1) is 0 Å². The standard InChI is InChI=1S/C33H22BrN3/c34-30-16-8-15-29(22-30)33-36-31(26-19-17-25(18-20-26)23-9-3-1-4-10-23)35-32(37-33)28-14-7-13-27(21-28)24-11-5-2-6-12-24/h1-22H. The largest absolute Gasteiger partial charge is 0.208 e. The van der Waals surface area contributed by atoms with Gasteiger partial charge in [-0.1, -0.05) is 131 Å². The predicted molar refractivity (Wildman–Crippen MR) is 155 cm³/mol. The van der Waals surface area contributed by atoms with Gasteiger partial charge in [-0.2, -0.15) is 0 Å². The molecule has 0 N–H and O–H groups in total. The van der Waals surface area contributed by atoms with Crippen molar-refractivity contribution >= 4 is 15.9 Å². The molecule has 4 heteroatoms. The van der Waals surface area contributed by atoms with Gasteiger partial charge in [-0.25, -0.2) is 15.0 Å². The highest BCUT2D eigenvalue weighted by Crippen LogP contribution is 2.29. The minimum atomic E-state index is 0.638. The molecule has 3 nitrogen and oxygen atoms in total. The maximum atomic E-state index is 4.93. The molecule has 0 saturated heterocycles. The van der Waals surface area contributed by atoms with Crippen molar-refractivity contribution in [3.8, 4) is 56.4 Å². The summed E-state index contributed by atoms with van der Waals surface area (Å²) in [5.74, 6) is 1.92. The summed E-state index contributed by atoms with van der Waals surface area (Å²) in [7, 11) is 0. The van der Waals surface area contributed by atoms with E-state index in [1.165, 1.54) is 5.56 Å². The Labute approximate surface area is 224 Å². The van der Waals surface area contributed by atoms with E-state index in [-0.39, 0.29) is 0 Å². The maximum Gasteiger partial charge on any atom is 0.164 e. The zero-order chi connectivity index (χ0) is 25.0. The van der Waals surface area contributed by atoms with Gasteiger partial charge in [-0.3, -0.25) is 0 Å². The van der Waals surface area contributed by atoms with Crippen LogP contribution in [0.4, 0.5) is 0 Å². The summed E-state index contributed by atoms with van der Waals surface area (Å²) in [6.07, 6.45) is 0. The molecule has 0 amide bonds. The van der Waals surface area contributed by atoms with Gasteiger partial charge in [0.15, 0.2) is 17.5 Å². The van der Waals surface area contributed by atoms with Crippen LogP contribution in [0.25, 0.3) is 56.4 Å². The summed E-state index contributed by atoms with van der Waals surface area (Å²) in [5.41, 5.74) is 7.43. The number of hydrogen-bond donors (Lipinski definition) is 0. The molecule has 6 aromatic rings. The van der Waals surface area contributed by atoms with Crippen molar-refractivity contribution < 1.29 is 0 Å².